The number of hydrogen-bond acceptors (Lipinski definition) is 5. The maximum Gasteiger partial charge on any atom is 0.411 e. The van der Waals surface area contributed by atoms with Crippen LogP contribution in [0, 0.1) is 0 Å². The Balaban J connectivity index is 1.69. The molecule has 7 heteroatoms. The molecule has 0 saturated carbocycles. The number of ether oxygens (including phenoxy) is 2. The van der Waals surface area contributed by atoms with Crippen LogP contribution in [0.2, 0.25) is 0 Å². The molecule has 2 atom stereocenters. The van der Waals surface area contributed by atoms with Gasteiger partial charge in [0, 0.05) is 23.6 Å². The summed E-state index contributed by atoms with van der Waals surface area (Å²) in [6.45, 7) is 5.73. The third-order valence-electron chi connectivity index (χ3n) is 4.37. The van der Waals surface area contributed by atoms with Gasteiger partial charge in [-0.2, -0.15) is 0 Å². The summed E-state index contributed by atoms with van der Waals surface area (Å²) in [6, 6.07) is 8.75. The highest BCUT2D eigenvalue weighted by Gasteiger charge is 2.42. The van der Waals surface area contributed by atoms with Gasteiger partial charge in [0.15, 0.2) is 0 Å². The van der Waals surface area contributed by atoms with Gasteiger partial charge in [0.1, 0.15) is 11.6 Å². The van der Waals surface area contributed by atoms with Crippen molar-refractivity contribution in [1.29, 1.82) is 0 Å². The fourth-order valence-corrected chi connectivity index (χ4v) is 3.17. The maximum absolute atomic E-state index is 12.3. The Kier molecular flexibility index (Phi) is 5.32. The van der Waals surface area contributed by atoms with E-state index in [9.17, 15) is 14.7 Å². The Labute approximate surface area is 157 Å². The fourth-order valence-electron chi connectivity index (χ4n) is 3.17. The molecule has 2 aromatic rings. The van der Waals surface area contributed by atoms with Crippen LogP contribution in [0.4, 0.5) is 4.79 Å². The lowest BCUT2D eigenvalue weighted by Crippen LogP contribution is -2.43. The van der Waals surface area contributed by atoms with E-state index in [4.69, 9.17) is 9.47 Å². The first kappa shape index (κ1) is 19.1. The van der Waals surface area contributed by atoms with E-state index in [1.54, 1.807) is 27.0 Å². The minimum absolute atomic E-state index is 0.185. The van der Waals surface area contributed by atoms with Gasteiger partial charge in [-0.3, -0.25) is 9.88 Å². The summed E-state index contributed by atoms with van der Waals surface area (Å²) >= 11 is 0. The van der Waals surface area contributed by atoms with Gasteiger partial charge >= 0.3 is 12.1 Å². The number of amides is 1. The monoisotopic (exact) mass is 372 g/mol. The average molecular weight is 372 g/mol. The van der Waals surface area contributed by atoms with Crippen molar-refractivity contribution in [3.05, 3.63) is 42.1 Å². The molecule has 1 fully saturated rings. The first-order chi connectivity index (χ1) is 12.7. The number of carboxylic acid groups (broad SMARTS) is 1. The van der Waals surface area contributed by atoms with Crippen LogP contribution >= 0.6 is 0 Å². The number of hydrogen-bond donors (Lipinski definition) is 1. The molecule has 0 unspecified atom stereocenters. The number of rotatable bonds is 4. The number of aliphatic carboxylic acids is 1. The lowest BCUT2D eigenvalue weighted by molar-refractivity contribution is -0.142. The highest BCUT2D eigenvalue weighted by Crippen LogP contribution is 2.25. The predicted molar refractivity (Wildman–Crippen MR) is 99.3 cm³/mol. The zero-order valence-electron chi connectivity index (χ0n) is 15.7. The van der Waals surface area contributed by atoms with Crippen LogP contribution in [-0.2, 0) is 20.9 Å². The number of carbonyl (C=O) groups is 2. The zero-order chi connectivity index (χ0) is 19.6. The molecule has 1 aliphatic heterocycles. The van der Waals surface area contributed by atoms with Crippen LogP contribution in [0.1, 0.15) is 32.8 Å². The van der Waals surface area contributed by atoms with E-state index >= 15 is 0 Å². The second-order valence-electron chi connectivity index (χ2n) is 7.65. The van der Waals surface area contributed by atoms with Gasteiger partial charge in [0.25, 0.3) is 0 Å². The first-order valence-corrected chi connectivity index (χ1v) is 8.91. The molecular weight excluding hydrogens is 348 g/mol. The number of carboxylic acids is 1. The van der Waals surface area contributed by atoms with E-state index in [0.29, 0.717) is 6.61 Å². The van der Waals surface area contributed by atoms with Crippen molar-refractivity contribution in [3.63, 3.8) is 0 Å². The molecule has 0 radical (unpaired) electrons. The van der Waals surface area contributed by atoms with Gasteiger partial charge in [-0.25, -0.2) is 9.59 Å². The van der Waals surface area contributed by atoms with E-state index < -0.39 is 23.7 Å². The molecule has 0 spiro atoms. The number of para-hydroxylation sites is 1. The van der Waals surface area contributed by atoms with E-state index in [-0.39, 0.29) is 19.1 Å². The Morgan fingerprint density at radius 3 is 2.70 bits per heavy atom. The fraction of sp³-hybridized carbons (Fsp3) is 0.450. The normalized spacial score (nSPS) is 20.0. The average Bonchev–Trinajstić information content (AvgIpc) is 3.03. The number of pyridine rings is 1. The van der Waals surface area contributed by atoms with Crippen LogP contribution < -0.4 is 0 Å². The maximum atomic E-state index is 12.3. The molecule has 1 saturated heterocycles. The summed E-state index contributed by atoms with van der Waals surface area (Å²) in [5.41, 5.74) is 1.10. The van der Waals surface area contributed by atoms with Crippen LogP contribution in [0.3, 0.4) is 0 Å². The number of fused-ring (bicyclic) bond motifs is 1. The van der Waals surface area contributed by atoms with Crippen molar-refractivity contribution in [3.8, 4) is 0 Å². The lowest BCUT2D eigenvalue weighted by Gasteiger charge is -2.26. The van der Waals surface area contributed by atoms with Gasteiger partial charge in [-0.15, -0.1) is 0 Å². The standard InChI is InChI=1S/C20H24N2O5/c1-20(2,3)27-19(25)22-11-15(10-16(22)18(23)24)26-12-14-7-4-6-13-8-5-9-21-17(13)14/h4-9,15-16H,10-12H2,1-3H3,(H,23,24)/t15-,16+/m1/s1. The molecule has 0 bridgehead atoms. The van der Waals surface area contributed by atoms with Crippen LogP contribution in [0.15, 0.2) is 36.5 Å². The number of aromatic nitrogens is 1. The third-order valence-corrected chi connectivity index (χ3v) is 4.37. The Morgan fingerprint density at radius 2 is 2.00 bits per heavy atom. The van der Waals surface area contributed by atoms with Crippen molar-refractivity contribution >= 4 is 23.0 Å². The first-order valence-electron chi connectivity index (χ1n) is 8.91. The molecule has 1 amide bonds. The van der Waals surface area contributed by atoms with Crippen LogP contribution in [0.5, 0.6) is 0 Å². The second-order valence-corrected chi connectivity index (χ2v) is 7.65. The minimum atomic E-state index is -1.06. The van der Waals surface area contributed by atoms with Gasteiger partial charge in [-0.05, 0) is 26.8 Å². The number of nitrogens with zero attached hydrogens (tertiary/aromatic N) is 2. The van der Waals surface area contributed by atoms with Gasteiger partial charge in [-0.1, -0.05) is 24.3 Å². The van der Waals surface area contributed by atoms with Crippen LogP contribution in [0.25, 0.3) is 10.9 Å². The predicted octanol–water partition coefficient (Wildman–Crippen LogP) is 3.21. The van der Waals surface area contributed by atoms with Crippen molar-refractivity contribution in [2.45, 2.75) is 51.5 Å². The quantitative estimate of drug-likeness (QED) is 0.886. The lowest BCUT2D eigenvalue weighted by atomic mass is 10.1. The van der Waals surface area contributed by atoms with Crippen LogP contribution in [-0.4, -0.2) is 51.3 Å². The minimum Gasteiger partial charge on any atom is -0.480 e. The van der Waals surface area contributed by atoms with Gasteiger partial charge in [0.05, 0.1) is 24.8 Å². The molecule has 7 nitrogen and oxygen atoms in total. The third kappa shape index (κ3) is 4.54. The molecule has 144 valence electrons. The SMILES string of the molecule is CC(C)(C)OC(=O)N1C[C@H](OCc2cccc3cccnc23)C[C@H]1C(=O)O. The Hall–Kier alpha value is -2.67. The van der Waals surface area contributed by atoms with Gasteiger partial charge < -0.3 is 14.6 Å². The molecule has 3 rings (SSSR count). The van der Waals surface area contributed by atoms with E-state index in [2.05, 4.69) is 4.98 Å². The number of benzene rings is 1. The van der Waals surface area contributed by atoms with E-state index in [0.717, 1.165) is 16.5 Å². The second kappa shape index (κ2) is 7.52. The molecule has 0 aliphatic carbocycles. The number of likely N-dealkylation sites (tertiary alicyclic amines) is 1. The zero-order valence-corrected chi connectivity index (χ0v) is 15.7. The highest BCUT2D eigenvalue weighted by molar-refractivity contribution is 5.82. The molecular formula is C20H24N2O5. The van der Waals surface area contributed by atoms with E-state index in [1.807, 2.05) is 30.3 Å². The number of carbonyl (C=O) groups excluding carboxylic acids is 1. The molecule has 2 heterocycles. The Morgan fingerprint density at radius 1 is 1.26 bits per heavy atom. The Bertz CT molecular complexity index is 840. The molecule has 1 aliphatic rings. The summed E-state index contributed by atoms with van der Waals surface area (Å²) in [6.07, 6.45) is 0.948. The van der Waals surface area contributed by atoms with Gasteiger partial charge in [0.2, 0.25) is 0 Å². The van der Waals surface area contributed by atoms with E-state index in [1.165, 1.54) is 4.90 Å². The smallest absolute Gasteiger partial charge is 0.411 e. The van der Waals surface area contributed by atoms with Crippen molar-refractivity contribution < 1.29 is 24.2 Å². The molecule has 1 aromatic carbocycles. The summed E-state index contributed by atoms with van der Waals surface area (Å²) in [5.74, 6) is -1.06. The molecule has 27 heavy (non-hydrogen) atoms. The van der Waals surface area contributed by atoms with Crippen molar-refractivity contribution in [2.24, 2.45) is 0 Å². The summed E-state index contributed by atoms with van der Waals surface area (Å²) in [7, 11) is 0. The summed E-state index contributed by atoms with van der Waals surface area (Å²) in [4.78, 5) is 29.5. The topological polar surface area (TPSA) is 89.0 Å². The highest BCUT2D eigenvalue weighted by atomic mass is 16.6. The van der Waals surface area contributed by atoms with Crippen molar-refractivity contribution in [2.75, 3.05) is 6.54 Å². The molecule has 1 N–H and O–H groups in total. The summed E-state index contributed by atoms with van der Waals surface area (Å²) < 4.78 is 11.3. The van der Waals surface area contributed by atoms with Crippen molar-refractivity contribution in [1.82, 2.24) is 9.88 Å². The summed E-state index contributed by atoms with van der Waals surface area (Å²) in [5, 5.41) is 10.5. The largest absolute Gasteiger partial charge is 0.480 e. The molecule has 1 aromatic heterocycles.